The van der Waals surface area contributed by atoms with Crippen LogP contribution in [0, 0.1) is 6.92 Å². The van der Waals surface area contributed by atoms with Crippen molar-refractivity contribution in [2.45, 2.75) is 13.5 Å². The third-order valence-corrected chi connectivity index (χ3v) is 5.01. The Morgan fingerprint density at radius 2 is 1.70 bits per heavy atom. The molecule has 0 spiro atoms. The molecule has 0 bridgehead atoms. The van der Waals surface area contributed by atoms with E-state index in [0.29, 0.717) is 23.6 Å². The van der Waals surface area contributed by atoms with E-state index in [1.165, 1.54) is 11.3 Å². The van der Waals surface area contributed by atoms with Crippen LogP contribution in [-0.4, -0.2) is 16.0 Å². The lowest BCUT2D eigenvalue weighted by atomic mass is 10.1. The summed E-state index contributed by atoms with van der Waals surface area (Å²) < 4.78 is 5.26. The molecule has 0 aliphatic carbocycles. The van der Waals surface area contributed by atoms with Gasteiger partial charge in [-0.3, -0.25) is 4.79 Å². The summed E-state index contributed by atoms with van der Waals surface area (Å²) in [6, 6.07) is 19.5. The third-order valence-electron chi connectivity index (χ3n) is 4.16. The molecule has 0 aliphatic rings. The minimum absolute atomic E-state index is 0.218. The van der Waals surface area contributed by atoms with Crippen molar-refractivity contribution in [2.24, 2.45) is 0 Å². The average molecular weight is 375 g/mol. The number of benzene rings is 2. The Kier molecular flexibility index (Phi) is 4.80. The zero-order valence-electron chi connectivity index (χ0n) is 14.7. The Balaban J connectivity index is 1.50. The van der Waals surface area contributed by atoms with E-state index in [2.05, 4.69) is 15.5 Å². The number of aromatic nitrogens is 2. The van der Waals surface area contributed by atoms with Crippen LogP contribution in [0.1, 0.15) is 21.1 Å². The molecule has 0 radical (unpaired) electrons. The van der Waals surface area contributed by atoms with Gasteiger partial charge in [0.15, 0.2) is 0 Å². The van der Waals surface area contributed by atoms with Crippen LogP contribution in [0.4, 0.5) is 0 Å². The molecular weight excluding hydrogens is 358 g/mol. The SMILES string of the molecule is Cc1onc(-c2ccccc2)c1C(=O)NCc1nc(-c2ccccc2)cs1. The molecule has 134 valence electrons. The van der Waals surface area contributed by atoms with Gasteiger partial charge in [-0.2, -0.15) is 0 Å². The number of carbonyl (C=O) groups is 1. The maximum atomic E-state index is 12.7. The van der Waals surface area contributed by atoms with Gasteiger partial charge in [0.05, 0.1) is 12.2 Å². The van der Waals surface area contributed by atoms with E-state index < -0.39 is 0 Å². The van der Waals surface area contributed by atoms with E-state index in [4.69, 9.17) is 4.52 Å². The summed E-state index contributed by atoms with van der Waals surface area (Å²) in [5, 5.41) is 9.82. The zero-order chi connectivity index (χ0) is 18.6. The van der Waals surface area contributed by atoms with Crippen LogP contribution in [0.15, 0.2) is 70.6 Å². The van der Waals surface area contributed by atoms with E-state index in [9.17, 15) is 4.79 Å². The number of hydrogen-bond donors (Lipinski definition) is 1. The normalized spacial score (nSPS) is 10.7. The Bertz CT molecular complexity index is 1060. The fraction of sp³-hybridized carbons (Fsp3) is 0.0952. The molecule has 4 aromatic rings. The van der Waals surface area contributed by atoms with Crippen molar-refractivity contribution in [1.82, 2.24) is 15.5 Å². The summed E-state index contributed by atoms with van der Waals surface area (Å²) in [6.07, 6.45) is 0. The quantitative estimate of drug-likeness (QED) is 0.549. The smallest absolute Gasteiger partial charge is 0.257 e. The molecule has 0 atom stereocenters. The summed E-state index contributed by atoms with van der Waals surface area (Å²) in [7, 11) is 0. The first-order valence-electron chi connectivity index (χ1n) is 8.52. The molecule has 0 saturated heterocycles. The molecule has 2 heterocycles. The molecule has 1 N–H and O–H groups in total. The summed E-state index contributed by atoms with van der Waals surface area (Å²) in [5.41, 5.74) is 3.83. The van der Waals surface area contributed by atoms with Crippen LogP contribution in [0.2, 0.25) is 0 Å². The topological polar surface area (TPSA) is 68.0 Å². The van der Waals surface area contributed by atoms with E-state index >= 15 is 0 Å². The minimum Gasteiger partial charge on any atom is -0.360 e. The molecule has 27 heavy (non-hydrogen) atoms. The van der Waals surface area contributed by atoms with Crippen molar-refractivity contribution in [3.05, 3.63) is 82.4 Å². The predicted octanol–water partition coefficient (Wildman–Crippen LogP) is 4.70. The molecule has 6 heteroatoms. The molecule has 0 saturated carbocycles. The van der Waals surface area contributed by atoms with Crippen molar-refractivity contribution in [1.29, 1.82) is 0 Å². The molecule has 5 nitrogen and oxygen atoms in total. The standard InChI is InChI=1S/C21H17N3O2S/c1-14-19(20(24-26-14)16-10-6-3-7-11-16)21(25)22-12-18-23-17(13-27-18)15-8-4-2-5-9-15/h2-11,13H,12H2,1H3,(H,22,25). The first-order valence-corrected chi connectivity index (χ1v) is 9.40. The monoisotopic (exact) mass is 375 g/mol. The first kappa shape index (κ1) is 17.2. The lowest BCUT2D eigenvalue weighted by Gasteiger charge is -2.04. The van der Waals surface area contributed by atoms with Crippen LogP contribution in [0.3, 0.4) is 0 Å². The zero-order valence-corrected chi connectivity index (χ0v) is 15.5. The van der Waals surface area contributed by atoms with Gasteiger partial charge < -0.3 is 9.84 Å². The van der Waals surface area contributed by atoms with Crippen molar-refractivity contribution in [2.75, 3.05) is 0 Å². The number of nitrogens with zero attached hydrogens (tertiary/aromatic N) is 2. The van der Waals surface area contributed by atoms with Gasteiger partial charge in [-0.05, 0) is 6.92 Å². The fourth-order valence-corrected chi connectivity index (χ4v) is 3.55. The van der Waals surface area contributed by atoms with Crippen molar-refractivity contribution < 1.29 is 9.32 Å². The first-order chi connectivity index (χ1) is 13.2. The van der Waals surface area contributed by atoms with Crippen molar-refractivity contribution in [3.8, 4) is 22.5 Å². The van der Waals surface area contributed by atoms with Gasteiger partial charge >= 0.3 is 0 Å². The summed E-state index contributed by atoms with van der Waals surface area (Å²) in [4.78, 5) is 17.3. The number of aryl methyl sites for hydroxylation is 1. The van der Waals surface area contributed by atoms with Gasteiger partial charge in [0.1, 0.15) is 22.0 Å². The number of carbonyl (C=O) groups excluding carboxylic acids is 1. The van der Waals surface area contributed by atoms with Crippen LogP contribution < -0.4 is 5.32 Å². The Morgan fingerprint density at radius 1 is 1.04 bits per heavy atom. The van der Waals surface area contributed by atoms with E-state index in [1.807, 2.05) is 66.0 Å². The third kappa shape index (κ3) is 3.66. The van der Waals surface area contributed by atoms with Gasteiger partial charge in [0, 0.05) is 16.5 Å². The van der Waals surface area contributed by atoms with Gasteiger partial charge in [0.25, 0.3) is 5.91 Å². The van der Waals surface area contributed by atoms with Crippen LogP contribution in [0.5, 0.6) is 0 Å². The highest BCUT2D eigenvalue weighted by Gasteiger charge is 2.21. The van der Waals surface area contributed by atoms with Crippen LogP contribution in [-0.2, 0) is 6.54 Å². The number of nitrogens with one attached hydrogen (secondary N) is 1. The molecule has 0 unspecified atom stereocenters. The van der Waals surface area contributed by atoms with E-state index in [1.54, 1.807) is 6.92 Å². The molecule has 1 amide bonds. The second-order valence-corrected chi connectivity index (χ2v) is 6.95. The van der Waals surface area contributed by atoms with Crippen molar-refractivity contribution in [3.63, 3.8) is 0 Å². The largest absolute Gasteiger partial charge is 0.360 e. The molecule has 4 rings (SSSR count). The molecular formula is C21H17N3O2S. The average Bonchev–Trinajstić information content (AvgIpc) is 3.34. The molecule has 0 aliphatic heterocycles. The van der Waals surface area contributed by atoms with Crippen molar-refractivity contribution >= 4 is 17.2 Å². The fourth-order valence-electron chi connectivity index (χ4n) is 2.81. The summed E-state index contributed by atoms with van der Waals surface area (Å²) in [5.74, 6) is 0.277. The Morgan fingerprint density at radius 3 is 2.41 bits per heavy atom. The van der Waals surface area contributed by atoms with Crippen LogP contribution in [0.25, 0.3) is 22.5 Å². The Hall–Kier alpha value is -3.25. The second-order valence-electron chi connectivity index (χ2n) is 6.00. The predicted molar refractivity (Wildman–Crippen MR) is 105 cm³/mol. The second kappa shape index (κ2) is 7.55. The van der Waals surface area contributed by atoms with Gasteiger partial charge in [0.2, 0.25) is 0 Å². The highest BCUT2D eigenvalue weighted by molar-refractivity contribution is 7.09. The lowest BCUT2D eigenvalue weighted by Crippen LogP contribution is -2.23. The molecule has 2 aromatic heterocycles. The molecule has 0 fully saturated rings. The summed E-state index contributed by atoms with van der Waals surface area (Å²) in [6.45, 7) is 2.10. The Labute approximate surface area is 160 Å². The number of hydrogen-bond acceptors (Lipinski definition) is 5. The van der Waals surface area contributed by atoms with Crippen LogP contribution >= 0.6 is 11.3 Å². The molecule has 2 aromatic carbocycles. The van der Waals surface area contributed by atoms with E-state index in [0.717, 1.165) is 21.8 Å². The number of rotatable bonds is 5. The lowest BCUT2D eigenvalue weighted by molar-refractivity contribution is 0.0950. The maximum Gasteiger partial charge on any atom is 0.257 e. The summed E-state index contributed by atoms with van der Waals surface area (Å²) >= 11 is 1.52. The highest BCUT2D eigenvalue weighted by Crippen LogP contribution is 2.25. The van der Waals surface area contributed by atoms with E-state index in [-0.39, 0.29) is 5.91 Å². The number of amides is 1. The number of thiazole rings is 1. The van der Waals surface area contributed by atoms with Gasteiger partial charge in [-0.1, -0.05) is 65.8 Å². The van der Waals surface area contributed by atoms with Gasteiger partial charge in [-0.15, -0.1) is 11.3 Å². The van der Waals surface area contributed by atoms with Gasteiger partial charge in [-0.25, -0.2) is 4.98 Å². The minimum atomic E-state index is -0.218. The highest BCUT2D eigenvalue weighted by atomic mass is 32.1. The maximum absolute atomic E-state index is 12.7.